The predicted octanol–water partition coefficient (Wildman–Crippen LogP) is 0.787. The van der Waals surface area contributed by atoms with Gasteiger partial charge in [-0.3, -0.25) is 5.50 Å². The number of hydrogen-bond acceptors (Lipinski definition) is 4. The van der Waals surface area contributed by atoms with Gasteiger partial charge in [-0.25, -0.2) is 4.89 Å². The van der Waals surface area contributed by atoms with Crippen LogP contribution in [0.1, 0.15) is 6.92 Å². The second-order valence-corrected chi connectivity index (χ2v) is 1.92. The lowest BCUT2D eigenvalue weighted by Crippen LogP contribution is -1.96. The number of nitrogens with two attached hydrogens (primary N) is 1. The van der Waals surface area contributed by atoms with Gasteiger partial charge in [0.2, 0.25) is 0 Å². The zero-order chi connectivity index (χ0) is 6.41. The van der Waals surface area contributed by atoms with Crippen molar-refractivity contribution < 1.29 is 14.1 Å². The fraction of sp³-hybridized carbons (Fsp3) is 1.00. The Labute approximate surface area is 49.8 Å². The summed E-state index contributed by atoms with van der Waals surface area (Å²) in [5, 5.41) is 0. The van der Waals surface area contributed by atoms with Crippen LogP contribution in [0.25, 0.3) is 0 Å². The predicted molar refractivity (Wildman–Crippen MR) is 30.8 cm³/mol. The van der Waals surface area contributed by atoms with Gasteiger partial charge in [0.05, 0.1) is 13.7 Å². The molecule has 0 spiro atoms. The van der Waals surface area contributed by atoms with Gasteiger partial charge in [0, 0.05) is 0 Å². The van der Waals surface area contributed by atoms with Crippen molar-refractivity contribution in [1.82, 2.24) is 0 Å². The van der Waals surface area contributed by atoms with Crippen LogP contribution in [0.3, 0.4) is 0 Å². The van der Waals surface area contributed by atoms with Gasteiger partial charge in [-0.05, 0) is 6.92 Å². The zero-order valence-corrected chi connectivity index (χ0v) is 5.85. The minimum absolute atomic E-state index is 0.547. The van der Waals surface area contributed by atoms with Crippen molar-refractivity contribution in [2.75, 3.05) is 13.7 Å². The lowest BCUT2D eigenvalue weighted by Gasteiger charge is -2.05. The fourth-order valence-corrected chi connectivity index (χ4v) is 0.667. The van der Waals surface area contributed by atoms with Crippen LogP contribution in [0, 0.1) is 0 Å². The van der Waals surface area contributed by atoms with E-state index in [1.807, 2.05) is 6.92 Å². The van der Waals surface area contributed by atoms with Crippen LogP contribution in [-0.2, 0) is 14.1 Å². The van der Waals surface area contributed by atoms with Crippen molar-refractivity contribution in [1.29, 1.82) is 0 Å². The van der Waals surface area contributed by atoms with Crippen LogP contribution < -0.4 is 5.50 Å². The molecule has 0 aromatic rings. The molecule has 0 radical (unpaired) electrons. The quantitative estimate of drug-likeness (QED) is 0.355. The van der Waals surface area contributed by atoms with Crippen LogP contribution in [0.2, 0.25) is 0 Å². The molecule has 0 aliphatic heterocycles. The van der Waals surface area contributed by atoms with Crippen molar-refractivity contribution in [3.8, 4) is 0 Å². The van der Waals surface area contributed by atoms with Crippen LogP contribution in [-0.4, -0.2) is 13.7 Å². The smallest absolute Gasteiger partial charge is 0.286 e. The van der Waals surface area contributed by atoms with E-state index in [4.69, 9.17) is 10.0 Å². The Morgan fingerprint density at radius 1 is 1.62 bits per heavy atom. The van der Waals surface area contributed by atoms with Gasteiger partial charge in [0.15, 0.2) is 0 Å². The minimum Gasteiger partial charge on any atom is -0.321 e. The molecule has 0 fully saturated rings. The summed E-state index contributed by atoms with van der Waals surface area (Å²) >= 11 is 0. The Morgan fingerprint density at radius 3 is 2.62 bits per heavy atom. The standard InChI is InChI=1S/C3H10NO3P/c1-3-6-8(4)7-5-2/h3-4H2,1-2H3. The van der Waals surface area contributed by atoms with Gasteiger partial charge in [-0.1, -0.05) is 0 Å². The van der Waals surface area contributed by atoms with Gasteiger partial charge in [-0.2, -0.15) is 4.67 Å². The summed E-state index contributed by atoms with van der Waals surface area (Å²) in [5.41, 5.74) is 5.19. The summed E-state index contributed by atoms with van der Waals surface area (Å²) in [7, 11) is 0.0871. The first-order valence-corrected chi connectivity index (χ1v) is 3.44. The summed E-state index contributed by atoms with van der Waals surface area (Å²) in [6, 6.07) is 0. The lowest BCUT2D eigenvalue weighted by molar-refractivity contribution is -0.178. The second-order valence-electron chi connectivity index (χ2n) is 0.944. The molecular formula is C3H10NO3P. The van der Waals surface area contributed by atoms with Crippen LogP contribution in [0.5, 0.6) is 0 Å². The molecule has 0 aromatic carbocycles. The van der Waals surface area contributed by atoms with Crippen molar-refractivity contribution in [3.05, 3.63) is 0 Å². The van der Waals surface area contributed by atoms with Crippen molar-refractivity contribution >= 4 is 8.53 Å². The molecule has 0 amide bonds. The molecule has 0 aliphatic carbocycles. The van der Waals surface area contributed by atoms with Crippen molar-refractivity contribution in [2.45, 2.75) is 6.92 Å². The topological polar surface area (TPSA) is 53.7 Å². The van der Waals surface area contributed by atoms with E-state index in [-0.39, 0.29) is 0 Å². The van der Waals surface area contributed by atoms with Gasteiger partial charge >= 0.3 is 0 Å². The SMILES string of the molecule is CCOP(N)OOC. The van der Waals surface area contributed by atoms with Crippen molar-refractivity contribution in [3.63, 3.8) is 0 Å². The molecule has 0 saturated heterocycles. The highest BCUT2D eigenvalue weighted by atomic mass is 31.2. The first-order chi connectivity index (χ1) is 3.81. The summed E-state index contributed by atoms with van der Waals surface area (Å²) < 4.78 is 9.18. The number of hydrogen-bond donors (Lipinski definition) is 1. The molecule has 0 aromatic heterocycles. The molecule has 0 heterocycles. The normalized spacial score (nSPS) is 13.9. The summed E-state index contributed by atoms with van der Waals surface area (Å²) in [6.07, 6.45) is 0. The average Bonchev–Trinajstić information content (AvgIpc) is 1.68. The maximum absolute atomic E-state index is 5.19. The maximum atomic E-state index is 5.19. The van der Waals surface area contributed by atoms with E-state index in [2.05, 4.69) is 9.56 Å². The molecule has 4 nitrogen and oxygen atoms in total. The molecule has 0 bridgehead atoms. The molecule has 0 saturated carbocycles. The van der Waals surface area contributed by atoms with E-state index >= 15 is 0 Å². The largest absolute Gasteiger partial charge is 0.321 e. The molecule has 1 atom stereocenters. The molecule has 50 valence electrons. The third-order valence-corrected chi connectivity index (χ3v) is 1.21. The minimum atomic E-state index is -1.30. The van der Waals surface area contributed by atoms with Gasteiger partial charge < -0.3 is 4.52 Å². The molecular weight excluding hydrogens is 129 g/mol. The molecule has 2 N–H and O–H groups in total. The molecule has 0 rings (SSSR count). The third-order valence-electron chi connectivity index (χ3n) is 0.404. The Bertz CT molecular complexity index is 47.8. The first-order valence-electron chi connectivity index (χ1n) is 2.19. The highest BCUT2D eigenvalue weighted by Gasteiger charge is 1.99. The van der Waals surface area contributed by atoms with E-state index in [0.717, 1.165) is 0 Å². The molecule has 5 heteroatoms. The summed E-state index contributed by atoms with van der Waals surface area (Å²) in [6.45, 7) is 2.38. The summed E-state index contributed by atoms with van der Waals surface area (Å²) in [4.78, 5) is 4.23. The Hall–Kier alpha value is 0.270. The van der Waals surface area contributed by atoms with E-state index in [1.54, 1.807) is 0 Å². The maximum Gasteiger partial charge on any atom is 0.286 e. The second kappa shape index (κ2) is 5.41. The molecule has 1 unspecified atom stereocenters. The monoisotopic (exact) mass is 139 g/mol. The van der Waals surface area contributed by atoms with Crippen molar-refractivity contribution in [2.24, 2.45) is 5.50 Å². The van der Waals surface area contributed by atoms with Gasteiger partial charge in [-0.15, -0.1) is 0 Å². The lowest BCUT2D eigenvalue weighted by atomic mass is 10.9. The average molecular weight is 139 g/mol. The fourth-order valence-electron chi connectivity index (χ4n) is 0.222. The Kier molecular flexibility index (Phi) is 5.59. The van der Waals surface area contributed by atoms with E-state index in [0.29, 0.717) is 6.61 Å². The van der Waals surface area contributed by atoms with Crippen LogP contribution in [0.15, 0.2) is 0 Å². The van der Waals surface area contributed by atoms with Gasteiger partial charge in [0.25, 0.3) is 8.53 Å². The Morgan fingerprint density at radius 2 is 2.25 bits per heavy atom. The van der Waals surface area contributed by atoms with Gasteiger partial charge in [0.1, 0.15) is 0 Å². The highest BCUT2D eigenvalue weighted by molar-refractivity contribution is 7.44. The van der Waals surface area contributed by atoms with Crippen LogP contribution in [0.4, 0.5) is 0 Å². The zero-order valence-electron chi connectivity index (χ0n) is 4.96. The molecule has 0 aliphatic rings. The van der Waals surface area contributed by atoms with Crippen LogP contribution >= 0.6 is 8.53 Å². The first kappa shape index (κ1) is 8.27. The molecule has 8 heavy (non-hydrogen) atoms. The number of rotatable bonds is 4. The van der Waals surface area contributed by atoms with E-state index in [1.165, 1.54) is 7.11 Å². The van der Waals surface area contributed by atoms with E-state index < -0.39 is 8.53 Å². The third kappa shape index (κ3) is 4.43. The van der Waals surface area contributed by atoms with E-state index in [9.17, 15) is 0 Å². The summed E-state index contributed by atoms with van der Waals surface area (Å²) in [5.74, 6) is 0. The highest BCUT2D eigenvalue weighted by Crippen LogP contribution is 2.27. The Balaban J connectivity index is 2.92.